The van der Waals surface area contributed by atoms with Gasteiger partial charge in [-0.25, -0.2) is 12.7 Å². The minimum Gasteiger partial charge on any atom is -0.324 e. The van der Waals surface area contributed by atoms with E-state index < -0.39 is 33.3 Å². The smallest absolute Gasteiger partial charge is 0.274 e. The second-order valence-electron chi connectivity index (χ2n) is 5.57. The zero-order valence-corrected chi connectivity index (χ0v) is 14.3. The van der Waals surface area contributed by atoms with Crippen molar-refractivity contribution in [1.29, 1.82) is 0 Å². The Morgan fingerprint density at radius 2 is 1.88 bits per heavy atom. The standard InChI is InChI=1S/C16H13N3O6S/c1-10-12(6-4-7-13(10)19(22)23)17-15(20)9-18-16(21)11-5-2-3-8-14(11)26(18,24)25/h2-8H,9H2,1H3,(H,17,20). The average molecular weight is 375 g/mol. The predicted octanol–water partition coefficient (Wildman–Crippen LogP) is 1.69. The van der Waals surface area contributed by atoms with E-state index in [9.17, 15) is 28.1 Å². The van der Waals surface area contributed by atoms with Crippen LogP contribution in [-0.4, -0.2) is 36.0 Å². The zero-order valence-electron chi connectivity index (χ0n) is 13.5. The number of hydrogen-bond acceptors (Lipinski definition) is 6. The van der Waals surface area contributed by atoms with Crippen LogP contribution in [0.5, 0.6) is 0 Å². The van der Waals surface area contributed by atoms with E-state index in [1.165, 1.54) is 49.4 Å². The molecule has 1 aliphatic rings. The van der Waals surface area contributed by atoms with Crippen molar-refractivity contribution in [3.63, 3.8) is 0 Å². The molecule has 0 aliphatic carbocycles. The molecule has 0 fully saturated rings. The van der Waals surface area contributed by atoms with E-state index in [1.54, 1.807) is 0 Å². The van der Waals surface area contributed by atoms with Crippen LogP contribution in [0.25, 0.3) is 0 Å². The molecule has 0 spiro atoms. The lowest BCUT2D eigenvalue weighted by Crippen LogP contribution is -2.37. The fraction of sp³-hybridized carbons (Fsp3) is 0.125. The Hall–Kier alpha value is -3.27. The summed E-state index contributed by atoms with van der Waals surface area (Å²) in [4.78, 5) is 34.8. The van der Waals surface area contributed by atoms with E-state index in [2.05, 4.69) is 5.32 Å². The first-order chi connectivity index (χ1) is 12.2. The molecular formula is C16H13N3O6S. The van der Waals surface area contributed by atoms with Gasteiger partial charge in [-0.05, 0) is 25.1 Å². The monoisotopic (exact) mass is 375 g/mol. The molecule has 3 rings (SSSR count). The third kappa shape index (κ3) is 2.80. The number of fused-ring (bicyclic) bond motifs is 1. The quantitative estimate of drug-likeness (QED) is 0.640. The predicted molar refractivity (Wildman–Crippen MR) is 91.1 cm³/mol. The van der Waals surface area contributed by atoms with E-state index in [-0.39, 0.29) is 27.4 Å². The van der Waals surface area contributed by atoms with Crippen LogP contribution in [0.4, 0.5) is 11.4 Å². The number of carbonyl (C=O) groups excluding carboxylic acids is 2. The van der Waals surface area contributed by atoms with Gasteiger partial charge in [-0.3, -0.25) is 19.7 Å². The van der Waals surface area contributed by atoms with Gasteiger partial charge in [0.25, 0.3) is 21.6 Å². The Labute approximate surface area is 148 Å². The molecule has 0 saturated heterocycles. The highest BCUT2D eigenvalue weighted by Gasteiger charge is 2.41. The molecule has 0 bridgehead atoms. The zero-order chi connectivity index (χ0) is 19.1. The number of nitro benzene ring substituents is 1. The van der Waals surface area contributed by atoms with E-state index in [1.807, 2.05) is 0 Å². The highest BCUT2D eigenvalue weighted by molar-refractivity contribution is 7.90. The number of amides is 2. The Morgan fingerprint density at radius 3 is 2.54 bits per heavy atom. The number of sulfonamides is 1. The molecule has 9 nitrogen and oxygen atoms in total. The Balaban J connectivity index is 1.83. The van der Waals surface area contributed by atoms with Crippen LogP contribution in [-0.2, 0) is 14.8 Å². The lowest BCUT2D eigenvalue weighted by molar-refractivity contribution is -0.385. The number of rotatable bonds is 4. The van der Waals surface area contributed by atoms with Crippen LogP contribution in [0.3, 0.4) is 0 Å². The lowest BCUT2D eigenvalue weighted by Gasteiger charge is -2.15. The number of carbonyl (C=O) groups is 2. The molecule has 0 atom stereocenters. The summed E-state index contributed by atoms with van der Waals surface area (Å²) in [6.45, 7) is 0.735. The second-order valence-corrected chi connectivity index (χ2v) is 7.40. The van der Waals surface area contributed by atoms with Crippen LogP contribution in [0.1, 0.15) is 15.9 Å². The highest BCUT2D eigenvalue weighted by Crippen LogP contribution is 2.30. The third-order valence-corrected chi connectivity index (χ3v) is 5.76. The van der Waals surface area contributed by atoms with E-state index in [0.29, 0.717) is 4.31 Å². The number of nitrogens with zero attached hydrogens (tertiary/aromatic N) is 2. The normalized spacial score (nSPS) is 14.8. The largest absolute Gasteiger partial charge is 0.324 e. The fourth-order valence-corrected chi connectivity index (χ4v) is 4.19. The van der Waals surface area contributed by atoms with Gasteiger partial charge in [0.15, 0.2) is 0 Å². The molecule has 26 heavy (non-hydrogen) atoms. The Kier molecular flexibility index (Phi) is 4.20. The van der Waals surface area contributed by atoms with Crippen molar-refractivity contribution in [1.82, 2.24) is 4.31 Å². The SMILES string of the molecule is Cc1c(NC(=O)CN2C(=O)c3ccccc3S2(=O)=O)cccc1[N+](=O)[O-]. The van der Waals surface area contributed by atoms with Crippen molar-refractivity contribution < 1.29 is 22.9 Å². The van der Waals surface area contributed by atoms with Gasteiger partial charge in [0.2, 0.25) is 5.91 Å². The first kappa shape index (κ1) is 17.5. The van der Waals surface area contributed by atoms with Gasteiger partial charge >= 0.3 is 0 Å². The van der Waals surface area contributed by atoms with Gasteiger partial charge in [0.1, 0.15) is 11.4 Å². The van der Waals surface area contributed by atoms with Crippen LogP contribution < -0.4 is 5.32 Å². The number of benzene rings is 2. The van der Waals surface area contributed by atoms with Gasteiger partial charge in [-0.1, -0.05) is 18.2 Å². The van der Waals surface area contributed by atoms with E-state index in [0.717, 1.165) is 0 Å². The number of anilines is 1. The summed E-state index contributed by atoms with van der Waals surface area (Å²) in [6.07, 6.45) is 0. The molecule has 1 N–H and O–H groups in total. The minimum atomic E-state index is -4.10. The van der Waals surface area contributed by atoms with Gasteiger partial charge in [-0.15, -0.1) is 0 Å². The van der Waals surface area contributed by atoms with Crippen molar-refractivity contribution >= 4 is 33.2 Å². The first-order valence-electron chi connectivity index (χ1n) is 7.43. The highest BCUT2D eigenvalue weighted by atomic mass is 32.2. The maximum atomic E-state index is 12.4. The number of nitrogens with one attached hydrogen (secondary N) is 1. The molecule has 1 aliphatic heterocycles. The molecular weight excluding hydrogens is 362 g/mol. The van der Waals surface area contributed by atoms with Gasteiger partial charge in [0.05, 0.1) is 21.7 Å². The van der Waals surface area contributed by atoms with Gasteiger partial charge in [0, 0.05) is 6.07 Å². The summed E-state index contributed by atoms with van der Waals surface area (Å²) in [5.74, 6) is -1.56. The van der Waals surface area contributed by atoms with E-state index >= 15 is 0 Å². The molecule has 10 heteroatoms. The molecule has 0 radical (unpaired) electrons. The van der Waals surface area contributed by atoms with Crippen molar-refractivity contribution in [3.05, 3.63) is 63.7 Å². The summed E-state index contributed by atoms with van der Waals surface area (Å²) in [5, 5.41) is 13.4. The fourth-order valence-electron chi connectivity index (χ4n) is 2.66. The van der Waals surface area contributed by atoms with Gasteiger partial charge < -0.3 is 5.32 Å². The molecule has 0 unspecified atom stereocenters. The van der Waals surface area contributed by atoms with Crippen molar-refractivity contribution in [2.24, 2.45) is 0 Å². The number of hydrogen-bond donors (Lipinski definition) is 1. The Bertz CT molecular complexity index is 1050. The van der Waals surface area contributed by atoms with Crippen molar-refractivity contribution in [2.45, 2.75) is 11.8 Å². The van der Waals surface area contributed by atoms with Crippen molar-refractivity contribution in [2.75, 3.05) is 11.9 Å². The third-order valence-electron chi connectivity index (χ3n) is 3.98. The maximum absolute atomic E-state index is 12.4. The minimum absolute atomic E-state index is 0.00632. The molecule has 1 heterocycles. The molecule has 2 amide bonds. The topological polar surface area (TPSA) is 127 Å². The summed E-state index contributed by atoms with van der Waals surface area (Å²) >= 11 is 0. The van der Waals surface area contributed by atoms with Crippen LogP contribution in [0, 0.1) is 17.0 Å². The number of nitro groups is 1. The van der Waals surface area contributed by atoms with E-state index in [4.69, 9.17) is 0 Å². The van der Waals surface area contributed by atoms with Crippen molar-refractivity contribution in [3.8, 4) is 0 Å². The first-order valence-corrected chi connectivity index (χ1v) is 8.87. The second kappa shape index (κ2) is 6.23. The van der Waals surface area contributed by atoms with Crippen LogP contribution >= 0.6 is 0 Å². The summed E-state index contributed by atoms with van der Waals surface area (Å²) in [5.41, 5.74) is 0.224. The molecule has 0 saturated carbocycles. The molecule has 0 aromatic heterocycles. The van der Waals surface area contributed by atoms with Crippen LogP contribution in [0.2, 0.25) is 0 Å². The van der Waals surface area contributed by atoms with Gasteiger partial charge in [-0.2, -0.15) is 0 Å². The molecule has 2 aromatic carbocycles. The Morgan fingerprint density at radius 1 is 1.19 bits per heavy atom. The molecule has 134 valence electrons. The average Bonchev–Trinajstić information content (AvgIpc) is 2.78. The lowest BCUT2D eigenvalue weighted by atomic mass is 10.1. The summed E-state index contributed by atoms with van der Waals surface area (Å²) < 4.78 is 25.3. The summed E-state index contributed by atoms with van der Waals surface area (Å²) in [6, 6.07) is 9.82. The summed E-state index contributed by atoms with van der Waals surface area (Å²) in [7, 11) is -4.10. The molecule has 2 aromatic rings. The maximum Gasteiger partial charge on any atom is 0.274 e. The van der Waals surface area contributed by atoms with Crippen LogP contribution in [0.15, 0.2) is 47.4 Å².